The molecule has 2 aromatic carbocycles. The van der Waals surface area contributed by atoms with Crippen LogP contribution in [0.4, 0.5) is 5.69 Å². The highest BCUT2D eigenvalue weighted by Gasteiger charge is 2.02. The monoisotopic (exact) mass is 283 g/mol. The molecular formula is C17H17NO3. The first-order valence-corrected chi connectivity index (χ1v) is 6.69. The number of phenolic OH excluding ortho intramolecular Hbond substituents is 1. The molecule has 0 saturated carbocycles. The third-order valence-electron chi connectivity index (χ3n) is 2.78. The highest BCUT2D eigenvalue weighted by atomic mass is 16.5. The fourth-order valence-corrected chi connectivity index (χ4v) is 1.77. The molecule has 2 rings (SSSR count). The molecule has 2 N–H and O–H groups in total. The van der Waals surface area contributed by atoms with Crippen LogP contribution in [0, 0.1) is 0 Å². The molecule has 2 aromatic rings. The minimum atomic E-state index is -0.301. The van der Waals surface area contributed by atoms with Crippen LogP contribution in [-0.2, 0) is 4.79 Å². The van der Waals surface area contributed by atoms with Gasteiger partial charge in [0.25, 0.3) is 0 Å². The van der Waals surface area contributed by atoms with Gasteiger partial charge in [-0.3, -0.25) is 4.79 Å². The van der Waals surface area contributed by atoms with E-state index in [-0.39, 0.29) is 11.7 Å². The number of ether oxygens (including phenoxy) is 1. The quantitative estimate of drug-likeness (QED) is 0.652. The predicted octanol–water partition coefficient (Wildman–Crippen LogP) is 3.44. The van der Waals surface area contributed by atoms with Gasteiger partial charge in [-0.25, -0.2) is 0 Å². The lowest BCUT2D eigenvalue weighted by atomic mass is 10.2. The lowest BCUT2D eigenvalue weighted by Crippen LogP contribution is -2.07. The van der Waals surface area contributed by atoms with Crippen LogP contribution < -0.4 is 10.1 Å². The van der Waals surface area contributed by atoms with Gasteiger partial charge in [-0.05, 0) is 42.8 Å². The summed E-state index contributed by atoms with van der Waals surface area (Å²) >= 11 is 0. The smallest absolute Gasteiger partial charge is 0.248 e. The largest absolute Gasteiger partial charge is 0.506 e. The Kier molecular flexibility index (Phi) is 4.99. The molecule has 0 atom stereocenters. The van der Waals surface area contributed by atoms with Gasteiger partial charge in [0.1, 0.15) is 11.5 Å². The van der Waals surface area contributed by atoms with Gasteiger partial charge in [0.15, 0.2) is 0 Å². The number of hydrogen-bond acceptors (Lipinski definition) is 3. The van der Waals surface area contributed by atoms with E-state index in [1.807, 2.05) is 31.2 Å². The second kappa shape index (κ2) is 7.14. The van der Waals surface area contributed by atoms with Crippen LogP contribution in [0.15, 0.2) is 54.6 Å². The van der Waals surface area contributed by atoms with Gasteiger partial charge in [0.2, 0.25) is 5.91 Å². The summed E-state index contributed by atoms with van der Waals surface area (Å²) in [6.45, 7) is 2.55. The first-order valence-electron chi connectivity index (χ1n) is 6.69. The molecular weight excluding hydrogens is 266 g/mol. The maximum atomic E-state index is 11.8. The predicted molar refractivity (Wildman–Crippen MR) is 83.4 cm³/mol. The average Bonchev–Trinajstić information content (AvgIpc) is 2.49. The van der Waals surface area contributed by atoms with Crippen molar-refractivity contribution < 1.29 is 14.6 Å². The van der Waals surface area contributed by atoms with Gasteiger partial charge in [-0.2, -0.15) is 0 Å². The van der Waals surface area contributed by atoms with Crippen molar-refractivity contribution in [2.45, 2.75) is 6.92 Å². The topological polar surface area (TPSA) is 58.6 Å². The Hall–Kier alpha value is -2.75. The molecule has 1 amide bonds. The second-order valence-corrected chi connectivity index (χ2v) is 4.34. The number of phenols is 1. The van der Waals surface area contributed by atoms with Gasteiger partial charge in [-0.1, -0.05) is 24.3 Å². The van der Waals surface area contributed by atoms with Crippen molar-refractivity contribution in [2.24, 2.45) is 0 Å². The summed E-state index contributed by atoms with van der Waals surface area (Å²) in [5.74, 6) is 0.541. The number of amides is 1. The number of carbonyl (C=O) groups excluding carboxylic acids is 1. The van der Waals surface area contributed by atoms with E-state index in [0.29, 0.717) is 12.3 Å². The van der Waals surface area contributed by atoms with Crippen LogP contribution in [0.1, 0.15) is 12.5 Å². The van der Waals surface area contributed by atoms with E-state index >= 15 is 0 Å². The Morgan fingerprint density at radius 2 is 1.90 bits per heavy atom. The number of benzene rings is 2. The third kappa shape index (κ3) is 4.38. The molecule has 0 radical (unpaired) electrons. The van der Waals surface area contributed by atoms with Crippen LogP contribution in [0.2, 0.25) is 0 Å². The highest BCUT2D eigenvalue weighted by Crippen LogP contribution is 2.21. The van der Waals surface area contributed by atoms with Crippen molar-refractivity contribution in [3.8, 4) is 11.5 Å². The molecule has 21 heavy (non-hydrogen) atoms. The van der Waals surface area contributed by atoms with Crippen molar-refractivity contribution >= 4 is 17.7 Å². The van der Waals surface area contributed by atoms with Crippen LogP contribution in [0.25, 0.3) is 6.08 Å². The summed E-state index contributed by atoms with van der Waals surface area (Å²) in [6, 6.07) is 14.0. The number of hydrogen-bond donors (Lipinski definition) is 2. The normalized spacial score (nSPS) is 10.5. The molecule has 0 aliphatic heterocycles. The molecule has 0 fully saturated rings. The first-order chi connectivity index (χ1) is 10.2. The SMILES string of the molecule is CCOc1ccc(/C=C/C(=O)Nc2ccccc2O)cc1. The lowest BCUT2D eigenvalue weighted by Gasteiger charge is -2.04. The zero-order chi connectivity index (χ0) is 15.1. The molecule has 0 heterocycles. The summed E-state index contributed by atoms with van der Waals surface area (Å²) in [7, 11) is 0. The van der Waals surface area contributed by atoms with Crippen LogP contribution >= 0.6 is 0 Å². The van der Waals surface area contributed by atoms with Crippen LogP contribution in [-0.4, -0.2) is 17.6 Å². The highest BCUT2D eigenvalue weighted by molar-refractivity contribution is 6.02. The lowest BCUT2D eigenvalue weighted by molar-refractivity contribution is -0.111. The summed E-state index contributed by atoms with van der Waals surface area (Å²) in [5.41, 5.74) is 1.28. The van der Waals surface area contributed by atoms with Gasteiger partial charge in [0.05, 0.1) is 12.3 Å². The standard InChI is InChI=1S/C17H17NO3/c1-2-21-14-10-7-13(8-11-14)9-12-17(20)18-15-5-3-4-6-16(15)19/h3-12,19H,2H2,1H3,(H,18,20)/b12-9+. The van der Waals surface area contributed by atoms with Crippen LogP contribution in [0.3, 0.4) is 0 Å². The molecule has 0 spiro atoms. The van der Waals surface area contributed by atoms with Gasteiger partial charge >= 0.3 is 0 Å². The van der Waals surface area contributed by atoms with Crippen molar-refractivity contribution in [1.82, 2.24) is 0 Å². The molecule has 4 heteroatoms. The van der Waals surface area contributed by atoms with Gasteiger partial charge in [-0.15, -0.1) is 0 Å². The van der Waals surface area contributed by atoms with E-state index in [4.69, 9.17) is 4.74 Å². The summed E-state index contributed by atoms with van der Waals surface area (Å²) < 4.78 is 5.35. The van der Waals surface area contributed by atoms with E-state index in [1.54, 1.807) is 24.3 Å². The van der Waals surface area contributed by atoms with Gasteiger partial charge in [0, 0.05) is 6.08 Å². The van der Waals surface area contributed by atoms with Crippen molar-refractivity contribution in [3.05, 3.63) is 60.2 Å². The first kappa shape index (κ1) is 14.7. The Morgan fingerprint density at radius 3 is 2.57 bits per heavy atom. The molecule has 108 valence electrons. The van der Waals surface area contributed by atoms with Gasteiger partial charge < -0.3 is 15.2 Å². The summed E-state index contributed by atoms with van der Waals surface area (Å²) in [6.07, 6.45) is 3.12. The molecule has 0 aromatic heterocycles. The second-order valence-electron chi connectivity index (χ2n) is 4.34. The fraction of sp³-hybridized carbons (Fsp3) is 0.118. The molecule has 0 saturated heterocycles. The van der Waals surface area contributed by atoms with E-state index in [0.717, 1.165) is 11.3 Å². The van der Waals surface area contributed by atoms with E-state index in [9.17, 15) is 9.90 Å². The molecule has 0 bridgehead atoms. The molecule has 0 unspecified atom stereocenters. The zero-order valence-corrected chi connectivity index (χ0v) is 11.7. The molecule has 0 aliphatic rings. The third-order valence-corrected chi connectivity index (χ3v) is 2.78. The Labute approximate surface area is 123 Å². The number of para-hydroxylation sites is 2. The Balaban J connectivity index is 1.97. The van der Waals surface area contributed by atoms with Crippen LogP contribution in [0.5, 0.6) is 11.5 Å². The van der Waals surface area contributed by atoms with E-state index < -0.39 is 0 Å². The Morgan fingerprint density at radius 1 is 1.19 bits per heavy atom. The molecule has 0 aliphatic carbocycles. The zero-order valence-electron chi connectivity index (χ0n) is 11.7. The molecule has 4 nitrogen and oxygen atoms in total. The number of carbonyl (C=O) groups is 1. The minimum Gasteiger partial charge on any atom is -0.506 e. The van der Waals surface area contributed by atoms with Crippen molar-refractivity contribution in [3.63, 3.8) is 0 Å². The maximum absolute atomic E-state index is 11.8. The number of anilines is 1. The number of nitrogens with one attached hydrogen (secondary N) is 1. The number of aromatic hydroxyl groups is 1. The summed E-state index contributed by atoms with van der Waals surface area (Å²) in [5, 5.41) is 12.2. The summed E-state index contributed by atoms with van der Waals surface area (Å²) in [4.78, 5) is 11.8. The maximum Gasteiger partial charge on any atom is 0.248 e. The van der Waals surface area contributed by atoms with E-state index in [1.165, 1.54) is 12.1 Å². The number of rotatable bonds is 5. The Bertz CT molecular complexity index is 633. The van der Waals surface area contributed by atoms with Crippen molar-refractivity contribution in [2.75, 3.05) is 11.9 Å². The average molecular weight is 283 g/mol. The van der Waals surface area contributed by atoms with Crippen molar-refractivity contribution in [1.29, 1.82) is 0 Å². The fourth-order valence-electron chi connectivity index (χ4n) is 1.77. The van der Waals surface area contributed by atoms with E-state index in [2.05, 4.69) is 5.32 Å². The minimum absolute atomic E-state index is 0.0420.